The van der Waals surface area contributed by atoms with Crippen molar-refractivity contribution in [3.8, 4) is 11.3 Å². The van der Waals surface area contributed by atoms with Crippen LogP contribution >= 0.6 is 11.3 Å². The van der Waals surface area contributed by atoms with Gasteiger partial charge in [-0.3, -0.25) is 9.78 Å². The van der Waals surface area contributed by atoms with E-state index in [0.717, 1.165) is 32.9 Å². The molecule has 0 spiro atoms. The minimum Gasteiger partial charge on any atom is -0.364 e. The molecule has 8 nitrogen and oxygen atoms in total. The number of hydrogen-bond donors (Lipinski definition) is 2. The monoisotopic (exact) mass is 463 g/mol. The van der Waals surface area contributed by atoms with Gasteiger partial charge in [0.15, 0.2) is 5.82 Å². The average molecular weight is 464 g/mol. The number of aryl methyl sites for hydroxylation is 1. The van der Waals surface area contributed by atoms with Gasteiger partial charge in [-0.1, -0.05) is 47.2 Å². The molecule has 2 N–H and O–H groups in total. The number of anilines is 2. The lowest BCUT2D eigenvalue weighted by molar-refractivity contribution is -0.119. The summed E-state index contributed by atoms with van der Waals surface area (Å²) in [7, 11) is 1.86. The molecule has 33 heavy (non-hydrogen) atoms. The summed E-state index contributed by atoms with van der Waals surface area (Å²) in [5, 5.41) is 12.0. The van der Waals surface area contributed by atoms with E-state index in [1.807, 2.05) is 34.7 Å². The molecule has 0 saturated carbocycles. The number of likely N-dealkylation sites (N-methyl/N-ethyl adjacent to an activating group) is 1. The lowest BCUT2D eigenvalue weighted by atomic mass is 10.1. The standard InChI is InChI=1S/C24H29N7OS/c1-16-9-11-17(12-10-16)20-21(28-24(2,3)4)31-22(27-20)33-23(29-31)30(5)15-19(32)26-14-18-8-6-7-13-25-18/h6-13,28H,14-15H2,1-5H3,(H,26,32). The zero-order chi connectivity index (χ0) is 23.6. The van der Waals surface area contributed by atoms with E-state index < -0.39 is 0 Å². The molecule has 3 heterocycles. The van der Waals surface area contributed by atoms with E-state index in [2.05, 4.69) is 67.6 Å². The van der Waals surface area contributed by atoms with Crippen LogP contribution in [0.25, 0.3) is 16.2 Å². The third-order valence-corrected chi connectivity index (χ3v) is 5.93. The van der Waals surface area contributed by atoms with Gasteiger partial charge in [0.25, 0.3) is 0 Å². The quantitative estimate of drug-likeness (QED) is 0.429. The van der Waals surface area contributed by atoms with Crippen LogP contribution < -0.4 is 15.5 Å². The fourth-order valence-corrected chi connectivity index (χ4v) is 4.17. The van der Waals surface area contributed by atoms with Crippen molar-refractivity contribution < 1.29 is 4.79 Å². The summed E-state index contributed by atoms with van der Waals surface area (Å²) >= 11 is 1.45. The predicted molar refractivity (Wildman–Crippen MR) is 134 cm³/mol. The molecule has 0 saturated heterocycles. The number of carbonyl (C=O) groups excluding carboxylic acids is 1. The maximum Gasteiger partial charge on any atom is 0.239 e. The third-order valence-electron chi connectivity index (χ3n) is 4.91. The summed E-state index contributed by atoms with van der Waals surface area (Å²) in [6.45, 7) is 8.98. The van der Waals surface area contributed by atoms with Crippen molar-refractivity contribution in [2.24, 2.45) is 0 Å². The normalized spacial score (nSPS) is 11.5. The van der Waals surface area contributed by atoms with Crippen LogP contribution in [0.1, 0.15) is 32.0 Å². The number of imidazole rings is 1. The van der Waals surface area contributed by atoms with E-state index in [-0.39, 0.29) is 18.0 Å². The Kier molecular flexibility index (Phi) is 6.33. The van der Waals surface area contributed by atoms with Crippen molar-refractivity contribution in [3.05, 3.63) is 59.9 Å². The molecular formula is C24H29N7OS. The average Bonchev–Trinajstić information content (AvgIpc) is 3.32. The fraction of sp³-hybridized carbons (Fsp3) is 0.333. The molecule has 4 aromatic rings. The number of amides is 1. The van der Waals surface area contributed by atoms with Crippen LogP contribution in [0.15, 0.2) is 48.7 Å². The van der Waals surface area contributed by atoms with Gasteiger partial charge in [-0.05, 0) is 39.8 Å². The predicted octanol–water partition coefficient (Wildman–Crippen LogP) is 4.12. The molecule has 9 heteroatoms. The highest BCUT2D eigenvalue weighted by atomic mass is 32.1. The van der Waals surface area contributed by atoms with Gasteiger partial charge in [0, 0.05) is 24.3 Å². The highest BCUT2D eigenvalue weighted by Crippen LogP contribution is 2.34. The molecule has 4 rings (SSSR count). The molecular weight excluding hydrogens is 434 g/mol. The molecule has 172 valence electrons. The second-order valence-electron chi connectivity index (χ2n) is 9.08. The van der Waals surface area contributed by atoms with Gasteiger partial charge in [0.05, 0.1) is 18.8 Å². The van der Waals surface area contributed by atoms with Crippen molar-refractivity contribution in [2.45, 2.75) is 39.8 Å². The molecule has 0 aliphatic rings. The van der Waals surface area contributed by atoms with Crippen LogP contribution in [0.2, 0.25) is 0 Å². The van der Waals surface area contributed by atoms with Crippen LogP contribution in [0.5, 0.6) is 0 Å². The summed E-state index contributed by atoms with van der Waals surface area (Å²) in [6, 6.07) is 14.0. The van der Waals surface area contributed by atoms with Crippen LogP contribution in [-0.2, 0) is 11.3 Å². The van der Waals surface area contributed by atoms with Crippen LogP contribution in [0, 0.1) is 6.92 Å². The Bertz CT molecular complexity index is 1240. The number of carbonyl (C=O) groups is 1. The fourth-order valence-electron chi connectivity index (χ4n) is 3.30. The zero-order valence-corrected chi connectivity index (χ0v) is 20.4. The van der Waals surface area contributed by atoms with Crippen LogP contribution in [0.4, 0.5) is 10.9 Å². The van der Waals surface area contributed by atoms with Gasteiger partial charge in [-0.15, -0.1) is 5.10 Å². The Morgan fingerprint density at radius 3 is 2.58 bits per heavy atom. The molecule has 0 unspecified atom stereocenters. The van der Waals surface area contributed by atoms with Crippen molar-refractivity contribution in [1.82, 2.24) is 24.9 Å². The topological polar surface area (TPSA) is 87.5 Å². The molecule has 1 amide bonds. The van der Waals surface area contributed by atoms with Gasteiger partial charge in [0.2, 0.25) is 16.0 Å². The third kappa shape index (κ3) is 5.48. The molecule has 0 bridgehead atoms. The first-order chi connectivity index (χ1) is 15.7. The highest BCUT2D eigenvalue weighted by Gasteiger charge is 2.23. The summed E-state index contributed by atoms with van der Waals surface area (Å²) in [6.07, 6.45) is 1.72. The van der Waals surface area contributed by atoms with Crippen molar-refractivity contribution in [1.29, 1.82) is 0 Å². The van der Waals surface area contributed by atoms with Gasteiger partial charge < -0.3 is 15.5 Å². The van der Waals surface area contributed by atoms with Gasteiger partial charge >= 0.3 is 0 Å². The molecule has 0 aliphatic heterocycles. The van der Waals surface area contributed by atoms with Crippen molar-refractivity contribution >= 4 is 33.2 Å². The van der Waals surface area contributed by atoms with E-state index in [0.29, 0.717) is 6.54 Å². The van der Waals surface area contributed by atoms with Crippen molar-refractivity contribution in [2.75, 3.05) is 23.8 Å². The Morgan fingerprint density at radius 2 is 1.91 bits per heavy atom. The Balaban J connectivity index is 1.55. The molecule has 1 aromatic carbocycles. The van der Waals surface area contributed by atoms with Gasteiger partial charge in [-0.2, -0.15) is 4.52 Å². The number of nitrogens with one attached hydrogen (secondary N) is 2. The lowest BCUT2D eigenvalue weighted by Crippen LogP contribution is -2.35. The maximum absolute atomic E-state index is 12.4. The summed E-state index contributed by atoms with van der Waals surface area (Å²) < 4.78 is 1.84. The minimum atomic E-state index is -0.170. The van der Waals surface area contributed by atoms with Gasteiger partial charge in [0.1, 0.15) is 5.69 Å². The summed E-state index contributed by atoms with van der Waals surface area (Å²) in [4.78, 5) is 24.1. The van der Waals surface area contributed by atoms with E-state index in [4.69, 9.17) is 10.1 Å². The zero-order valence-electron chi connectivity index (χ0n) is 19.6. The largest absolute Gasteiger partial charge is 0.364 e. The number of hydrogen-bond acceptors (Lipinski definition) is 7. The van der Waals surface area contributed by atoms with E-state index in [1.165, 1.54) is 16.9 Å². The van der Waals surface area contributed by atoms with E-state index in [1.54, 1.807) is 6.20 Å². The molecule has 0 fully saturated rings. The first kappa shape index (κ1) is 22.7. The molecule has 0 radical (unpaired) electrons. The number of rotatable bonds is 7. The second kappa shape index (κ2) is 9.19. The number of benzene rings is 1. The molecule has 0 atom stereocenters. The number of nitrogens with zero attached hydrogens (tertiary/aromatic N) is 5. The highest BCUT2D eigenvalue weighted by molar-refractivity contribution is 7.20. The first-order valence-corrected chi connectivity index (χ1v) is 11.6. The van der Waals surface area contributed by atoms with Crippen LogP contribution in [0.3, 0.4) is 0 Å². The van der Waals surface area contributed by atoms with Crippen molar-refractivity contribution in [3.63, 3.8) is 0 Å². The second-order valence-corrected chi connectivity index (χ2v) is 10.0. The Labute approximate surface area is 197 Å². The number of pyridine rings is 1. The van der Waals surface area contributed by atoms with E-state index >= 15 is 0 Å². The Hall–Kier alpha value is -3.46. The number of fused-ring (bicyclic) bond motifs is 1. The van der Waals surface area contributed by atoms with Gasteiger partial charge in [-0.25, -0.2) is 4.98 Å². The smallest absolute Gasteiger partial charge is 0.239 e. The Morgan fingerprint density at radius 1 is 1.15 bits per heavy atom. The number of aromatic nitrogens is 4. The summed E-state index contributed by atoms with van der Waals surface area (Å²) in [5.41, 5.74) is 3.76. The maximum atomic E-state index is 12.4. The van der Waals surface area contributed by atoms with E-state index in [9.17, 15) is 4.79 Å². The molecule has 0 aliphatic carbocycles. The SMILES string of the molecule is Cc1ccc(-c2nc3sc(N(C)CC(=O)NCc4ccccn4)nn3c2NC(C)(C)C)cc1. The minimum absolute atomic E-state index is 0.0932. The lowest BCUT2D eigenvalue weighted by Gasteiger charge is -2.22. The van der Waals surface area contributed by atoms with Crippen LogP contribution in [-0.4, -0.2) is 44.6 Å². The summed E-state index contributed by atoms with van der Waals surface area (Å²) in [5.74, 6) is 0.751. The molecule has 3 aromatic heterocycles. The first-order valence-electron chi connectivity index (χ1n) is 10.8.